The molecule has 0 amide bonds. The zero-order chi connectivity index (χ0) is 15.1. The molecule has 0 saturated carbocycles. The van der Waals surface area contributed by atoms with Crippen molar-refractivity contribution >= 4 is 26.5 Å². The van der Waals surface area contributed by atoms with Gasteiger partial charge in [0.1, 0.15) is 10.6 Å². The molecule has 0 atom stereocenters. The Kier molecular flexibility index (Phi) is 5.34. The summed E-state index contributed by atoms with van der Waals surface area (Å²) in [5, 5.41) is 11.3. The number of hydrogen-bond donors (Lipinski definition) is 3. The molecular formula is C14H18N2NaO3S+. The van der Waals surface area contributed by atoms with Crippen molar-refractivity contribution < 1.29 is 43.1 Å². The van der Waals surface area contributed by atoms with Gasteiger partial charge in [-0.2, -0.15) is 0 Å². The van der Waals surface area contributed by atoms with Gasteiger partial charge in [0.25, 0.3) is 0 Å². The standard InChI is InChI=1S/C14H18N2O3S.Na/c1-14(2,3)16-20(18,19)12-8-7-9-10(13(12)17)5-4-6-11(9)15;/h4-8,16-17H,15H2,1-3H3;/q;+1. The third-order valence-electron chi connectivity index (χ3n) is 2.76. The number of nitrogens with one attached hydrogen (secondary N) is 1. The van der Waals surface area contributed by atoms with Gasteiger partial charge in [-0.3, -0.25) is 0 Å². The Morgan fingerprint density at radius 1 is 1.10 bits per heavy atom. The van der Waals surface area contributed by atoms with E-state index in [0.29, 0.717) is 16.5 Å². The van der Waals surface area contributed by atoms with Crippen LogP contribution in [0, 0.1) is 0 Å². The third-order valence-corrected chi connectivity index (χ3v) is 4.55. The Bertz CT molecular complexity index is 768. The molecule has 5 nitrogen and oxygen atoms in total. The molecule has 21 heavy (non-hydrogen) atoms. The normalized spacial score (nSPS) is 12.1. The molecule has 0 heterocycles. The van der Waals surface area contributed by atoms with Crippen LogP contribution in [0.1, 0.15) is 20.8 Å². The molecule has 0 aliphatic carbocycles. The van der Waals surface area contributed by atoms with E-state index in [1.54, 1.807) is 45.0 Å². The zero-order valence-electron chi connectivity index (χ0n) is 12.6. The van der Waals surface area contributed by atoms with Gasteiger partial charge in [0.2, 0.25) is 10.0 Å². The van der Waals surface area contributed by atoms with Crippen molar-refractivity contribution in [1.82, 2.24) is 4.72 Å². The van der Waals surface area contributed by atoms with Crippen LogP contribution in [0.25, 0.3) is 10.8 Å². The predicted octanol–water partition coefficient (Wildman–Crippen LogP) is -0.792. The first-order valence-corrected chi connectivity index (χ1v) is 7.64. The molecule has 0 spiro atoms. The number of sulfonamides is 1. The van der Waals surface area contributed by atoms with Crippen molar-refractivity contribution in [2.24, 2.45) is 0 Å². The van der Waals surface area contributed by atoms with Crippen molar-refractivity contribution in [3.8, 4) is 5.75 Å². The summed E-state index contributed by atoms with van der Waals surface area (Å²) in [6, 6.07) is 7.97. The van der Waals surface area contributed by atoms with Gasteiger partial charge in [-0.25, -0.2) is 13.1 Å². The fraction of sp³-hybridized carbons (Fsp3) is 0.286. The van der Waals surface area contributed by atoms with Crippen LogP contribution in [-0.2, 0) is 10.0 Å². The Morgan fingerprint density at radius 2 is 1.71 bits per heavy atom. The average molecular weight is 317 g/mol. The van der Waals surface area contributed by atoms with E-state index in [9.17, 15) is 13.5 Å². The van der Waals surface area contributed by atoms with Gasteiger partial charge in [-0.15, -0.1) is 0 Å². The maximum Gasteiger partial charge on any atom is 1.00 e. The number of hydrogen-bond acceptors (Lipinski definition) is 4. The van der Waals surface area contributed by atoms with Crippen LogP contribution < -0.4 is 40.0 Å². The summed E-state index contributed by atoms with van der Waals surface area (Å²) in [7, 11) is -3.79. The summed E-state index contributed by atoms with van der Waals surface area (Å²) in [6.45, 7) is 5.21. The molecule has 0 aliphatic heterocycles. The average Bonchev–Trinajstić information content (AvgIpc) is 2.27. The minimum Gasteiger partial charge on any atom is -0.506 e. The molecule has 0 aliphatic rings. The number of rotatable bonds is 2. The van der Waals surface area contributed by atoms with Crippen molar-refractivity contribution in [1.29, 1.82) is 0 Å². The summed E-state index contributed by atoms with van der Waals surface area (Å²) in [5.41, 5.74) is 5.67. The summed E-state index contributed by atoms with van der Waals surface area (Å²) in [6.07, 6.45) is 0. The second kappa shape index (κ2) is 6.14. The van der Waals surface area contributed by atoms with E-state index in [1.165, 1.54) is 6.07 Å². The van der Waals surface area contributed by atoms with E-state index in [1.807, 2.05) is 0 Å². The van der Waals surface area contributed by atoms with Gasteiger partial charge in [-0.05, 0) is 32.9 Å². The molecule has 108 valence electrons. The van der Waals surface area contributed by atoms with Crippen molar-refractivity contribution in [2.75, 3.05) is 5.73 Å². The van der Waals surface area contributed by atoms with Crippen LogP contribution in [0.3, 0.4) is 0 Å². The number of nitrogens with two attached hydrogens (primary N) is 1. The first-order chi connectivity index (χ1) is 9.12. The van der Waals surface area contributed by atoms with E-state index in [0.717, 1.165) is 0 Å². The number of nitrogen functional groups attached to an aromatic ring is 1. The van der Waals surface area contributed by atoms with Crippen LogP contribution in [-0.4, -0.2) is 19.1 Å². The molecule has 7 heteroatoms. The molecule has 4 N–H and O–H groups in total. The van der Waals surface area contributed by atoms with Gasteiger partial charge in [0, 0.05) is 22.0 Å². The smallest absolute Gasteiger partial charge is 0.506 e. The van der Waals surface area contributed by atoms with Crippen LogP contribution in [0.15, 0.2) is 35.2 Å². The maximum atomic E-state index is 12.3. The third kappa shape index (κ3) is 3.90. The van der Waals surface area contributed by atoms with E-state index in [-0.39, 0.29) is 40.2 Å². The molecule has 0 saturated heterocycles. The minimum atomic E-state index is -3.79. The quantitative estimate of drug-likeness (QED) is 0.500. The molecule has 2 aromatic carbocycles. The molecule has 0 aromatic heterocycles. The number of phenols is 1. The minimum absolute atomic E-state index is 0. The van der Waals surface area contributed by atoms with Crippen LogP contribution in [0.5, 0.6) is 5.75 Å². The predicted molar refractivity (Wildman–Crippen MR) is 80.1 cm³/mol. The van der Waals surface area contributed by atoms with Gasteiger partial charge < -0.3 is 10.8 Å². The molecular weight excluding hydrogens is 299 g/mol. The Labute approximate surface area is 146 Å². The summed E-state index contributed by atoms with van der Waals surface area (Å²) in [5.74, 6) is -0.286. The molecule has 2 rings (SSSR count). The van der Waals surface area contributed by atoms with Crippen molar-refractivity contribution in [3.63, 3.8) is 0 Å². The van der Waals surface area contributed by atoms with Crippen molar-refractivity contribution in [3.05, 3.63) is 30.3 Å². The van der Waals surface area contributed by atoms with E-state index in [2.05, 4.69) is 4.72 Å². The summed E-state index contributed by atoms with van der Waals surface area (Å²) in [4.78, 5) is -0.148. The second-order valence-corrected chi connectivity index (χ2v) is 7.36. The van der Waals surface area contributed by atoms with Crippen LogP contribution in [0.2, 0.25) is 0 Å². The van der Waals surface area contributed by atoms with E-state index in [4.69, 9.17) is 5.73 Å². The summed E-state index contributed by atoms with van der Waals surface area (Å²) < 4.78 is 27.1. The maximum absolute atomic E-state index is 12.3. The number of benzene rings is 2. The fourth-order valence-electron chi connectivity index (χ4n) is 2.02. The monoisotopic (exact) mass is 317 g/mol. The van der Waals surface area contributed by atoms with Crippen molar-refractivity contribution in [2.45, 2.75) is 31.2 Å². The Balaban J connectivity index is 0.00000220. The van der Waals surface area contributed by atoms with Crippen LogP contribution >= 0.6 is 0 Å². The van der Waals surface area contributed by atoms with Gasteiger partial charge >= 0.3 is 29.6 Å². The first-order valence-electron chi connectivity index (χ1n) is 6.16. The Morgan fingerprint density at radius 3 is 2.29 bits per heavy atom. The molecule has 0 radical (unpaired) electrons. The SMILES string of the molecule is CC(C)(C)NS(=O)(=O)c1ccc2c(N)cccc2c1O.[Na+]. The zero-order valence-corrected chi connectivity index (χ0v) is 15.5. The van der Waals surface area contributed by atoms with Crippen LogP contribution in [0.4, 0.5) is 5.69 Å². The molecule has 0 bridgehead atoms. The topological polar surface area (TPSA) is 92.4 Å². The largest absolute Gasteiger partial charge is 1.00 e. The number of aromatic hydroxyl groups is 1. The number of phenolic OH excluding ortho intramolecular Hbond substituents is 1. The van der Waals surface area contributed by atoms with E-state index >= 15 is 0 Å². The Hall–Kier alpha value is -0.790. The van der Waals surface area contributed by atoms with Gasteiger partial charge in [0.05, 0.1) is 0 Å². The summed E-state index contributed by atoms with van der Waals surface area (Å²) >= 11 is 0. The van der Waals surface area contributed by atoms with Gasteiger partial charge in [-0.1, -0.05) is 18.2 Å². The first kappa shape index (κ1) is 18.3. The number of fused-ring (bicyclic) bond motifs is 1. The molecule has 0 unspecified atom stereocenters. The molecule has 0 fully saturated rings. The van der Waals surface area contributed by atoms with E-state index < -0.39 is 15.6 Å². The number of anilines is 1. The fourth-order valence-corrected chi connectivity index (χ4v) is 3.55. The molecule has 2 aromatic rings. The van der Waals surface area contributed by atoms with Gasteiger partial charge in [0.15, 0.2) is 0 Å². The second-order valence-electron chi connectivity index (χ2n) is 5.71.